The highest BCUT2D eigenvalue weighted by Gasteiger charge is 2.24. The summed E-state index contributed by atoms with van der Waals surface area (Å²) in [5.74, 6) is -0.444. The Balaban J connectivity index is 4.45. The average Bonchev–Trinajstić information content (AvgIpc) is 3.29. The lowest BCUT2D eigenvalue weighted by Crippen LogP contribution is -2.46. The molecule has 0 bridgehead atoms. The van der Waals surface area contributed by atoms with E-state index < -0.39 is 18.2 Å². The zero-order valence-corrected chi connectivity index (χ0v) is 43.7. The lowest BCUT2D eigenvalue weighted by atomic mass is 10.0. The van der Waals surface area contributed by atoms with Crippen molar-refractivity contribution in [1.29, 1.82) is 0 Å². The van der Waals surface area contributed by atoms with Crippen LogP contribution >= 0.6 is 0 Å². The van der Waals surface area contributed by atoms with Crippen molar-refractivity contribution in [3.63, 3.8) is 0 Å². The first kappa shape index (κ1) is 62.9. The van der Waals surface area contributed by atoms with Crippen molar-refractivity contribution in [1.82, 2.24) is 5.32 Å². The fourth-order valence-electron chi connectivity index (χ4n) is 9.49. The van der Waals surface area contributed by atoms with E-state index in [1.807, 2.05) is 0 Å². The van der Waals surface area contributed by atoms with Crippen molar-refractivity contribution in [2.45, 2.75) is 354 Å². The topological polar surface area (TPSA) is 95.9 Å². The van der Waals surface area contributed by atoms with Crippen molar-refractivity contribution in [3.05, 3.63) is 0 Å². The maximum atomic E-state index is 13.3. The first-order valence-electron chi connectivity index (χ1n) is 29.3. The van der Waals surface area contributed by atoms with Gasteiger partial charge in [0, 0.05) is 6.42 Å². The summed E-state index contributed by atoms with van der Waals surface area (Å²) in [6.45, 7) is 6.54. The van der Waals surface area contributed by atoms with Gasteiger partial charge in [0.1, 0.15) is 6.10 Å². The molecule has 0 radical (unpaired) electrons. The Bertz CT molecular complexity index is 928. The maximum absolute atomic E-state index is 13.3. The molecule has 382 valence electrons. The summed E-state index contributed by atoms with van der Waals surface area (Å²) in [6, 6.07) is -0.693. The molecular formula is C58H115NO5. The second kappa shape index (κ2) is 52.8. The third-order valence-electron chi connectivity index (χ3n) is 13.9. The molecule has 0 aromatic heterocycles. The molecule has 64 heavy (non-hydrogen) atoms. The van der Waals surface area contributed by atoms with Crippen LogP contribution in [0.2, 0.25) is 0 Å². The van der Waals surface area contributed by atoms with E-state index >= 15 is 0 Å². The normalized spacial score (nSPS) is 13.0. The van der Waals surface area contributed by atoms with Crippen LogP contribution in [0.1, 0.15) is 335 Å². The summed E-state index contributed by atoms with van der Waals surface area (Å²) in [4.78, 5) is 26.3. The highest BCUT2D eigenvalue weighted by molar-refractivity contribution is 5.77. The van der Waals surface area contributed by atoms with Gasteiger partial charge in [0.2, 0.25) is 5.91 Å². The molecule has 3 unspecified atom stereocenters. The molecule has 0 spiro atoms. The van der Waals surface area contributed by atoms with Gasteiger partial charge in [0.15, 0.2) is 0 Å². The smallest absolute Gasteiger partial charge is 0.306 e. The van der Waals surface area contributed by atoms with Crippen LogP contribution in [0, 0.1) is 0 Å². The molecule has 0 aromatic rings. The zero-order valence-electron chi connectivity index (χ0n) is 43.7. The fourth-order valence-corrected chi connectivity index (χ4v) is 9.49. The molecule has 0 aliphatic heterocycles. The lowest BCUT2D eigenvalue weighted by Gasteiger charge is -2.24. The molecule has 1 amide bonds. The van der Waals surface area contributed by atoms with Crippen LogP contribution in [0.15, 0.2) is 0 Å². The second-order valence-electron chi connectivity index (χ2n) is 20.4. The van der Waals surface area contributed by atoms with Gasteiger partial charge in [-0.05, 0) is 25.7 Å². The Morgan fingerprint density at radius 3 is 0.953 bits per heavy atom. The van der Waals surface area contributed by atoms with Crippen molar-refractivity contribution >= 4 is 11.9 Å². The lowest BCUT2D eigenvalue weighted by molar-refractivity contribution is -0.151. The van der Waals surface area contributed by atoms with Gasteiger partial charge in [-0.25, -0.2) is 0 Å². The van der Waals surface area contributed by atoms with E-state index in [1.165, 1.54) is 250 Å². The maximum Gasteiger partial charge on any atom is 0.306 e. The van der Waals surface area contributed by atoms with E-state index in [2.05, 4.69) is 26.1 Å². The fraction of sp³-hybridized carbons (Fsp3) is 0.966. The van der Waals surface area contributed by atoms with Crippen molar-refractivity contribution in [3.8, 4) is 0 Å². The van der Waals surface area contributed by atoms with Crippen molar-refractivity contribution < 1.29 is 24.5 Å². The first-order valence-corrected chi connectivity index (χ1v) is 29.3. The van der Waals surface area contributed by atoms with Crippen molar-refractivity contribution in [2.24, 2.45) is 0 Å². The number of nitrogens with one attached hydrogen (secondary N) is 1. The number of ether oxygens (including phenoxy) is 1. The molecule has 0 saturated heterocycles. The number of hydrogen-bond acceptors (Lipinski definition) is 5. The van der Waals surface area contributed by atoms with E-state index in [9.17, 15) is 19.8 Å². The molecular weight excluding hydrogens is 791 g/mol. The van der Waals surface area contributed by atoms with Gasteiger partial charge in [-0.3, -0.25) is 9.59 Å². The highest BCUT2D eigenvalue weighted by atomic mass is 16.5. The van der Waals surface area contributed by atoms with Crippen LogP contribution in [-0.4, -0.2) is 46.9 Å². The molecule has 3 N–H and O–H groups in total. The quantitative estimate of drug-likeness (QED) is 0.0417. The molecule has 6 nitrogen and oxygen atoms in total. The summed E-state index contributed by atoms with van der Waals surface area (Å²) in [5.41, 5.74) is 0. The van der Waals surface area contributed by atoms with E-state index in [0.717, 1.165) is 38.5 Å². The van der Waals surface area contributed by atoms with E-state index in [1.54, 1.807) is 0 Å². The largest absolute Gasteiger partial charge is 0.462 e. The van der Waals surface area contributed by atoms with Gasteiger partial charge in [-0.1, -0.05) is 297 Å². The van der Waals surface area contributed by atoms with E-state index in [0.29, 0.717) is 19.3 Å². The predicted molar refractivity (Wildman–Crippen MR) is 278 cm³/mol. The molecule has 0 aromatic carbocycles. The Hall–Kier alpha value is -1.14. The summed E-state index contributed by atoms with van der Waals surface area (Å²) >= 11 is 0. The minimum Gasteiger partial charge on any atom is -0.462 e. The summed E-state index contributed by atoms with van der Waals surface area (Å²) in [5, 5.41) is 23.9. The molecule has 0 fully saturated rings. The average molecular weight is 907 g/mol. The molecule has 0 heterocycles. The Labute approximate surface area is 400 Å². The van der Waals surface area contributed by atoms with Gasteiger partial charge >= 0.3 is 5.97 Å². The summed E-state index contributed by atoms with van der Waals surface area (Å²) < 4.78 is 5.97. The molecule has 0 aliphatic rings. The molecule has 0 rings (SSSR count). The Morgan fingerprint density at radius 2 is 0.656 bits per heavy atom. The van der Waals surface area contributed by atoms with Gasteiger partial charge in [-0.2, -0.15) is 0 Å². The molecule has 6 heteroatoms. The number of esters is 1. The number of rotatable bonds is 54. The number of amides is 1. The van der Waals surface area contributed by atoms with Gasteiger partial charge in [0.25, 0.3) is 0 Å². The second-order valence-corrected chi connectivity index (χ2v) is 20.4. The highest BCUT2D eigenvalue weighted by Crippen LogP contribution is 2.19. The molecule has 0 saturated carbocycles. The zero-order chi connectivity index (χ0) is 46.7. The van der Waals surface area contributed by atoms with Gasteiger partial charge in [0.05, 0.1) is 25.2 Å². The number of carbonyl (C=O) groups excluding carboxylic acids is 2. The Kier molecular flexibility index (Phi) is 51.9. The number of hydrogen-bond donors (Lipinski definition) is 3. The third kappa shape index (κ3) is 47.4. The van der Waals surface area contributed by atoms with Crippen LogP contribution in [0.3, 0.4) is 0 Å². The third-order valence-corrected chi connectivity index (χ3v) is 13.9. The number of carbonyl (C=O) groups is 2. The number of aliphatic hydroxyl groups is 2. The standard InChI is InChI=1S/C58H115NO5/c1-4-7-10-13-16-19-22-25-27-29-32-35-38-41-44-47-50-56(61)55(53-60)59-57(62)52-54(49-46-43-40-37-34-31-24-21-18-15-12-9-6-3)64-58(63)51-48-45-42-39-36-33-30-28-26-23-20-17-14-11-8-5-2/h54-56,60-61H,4-53H2,1-3H3,(H,59,62). The predicted octanol–water partition coefficient (Wildman–Crippen LogP) is 17.9. The minimum absolute atomic E-state index is 0.0885. The van der Waals surface area contributed by atoms with Crippen molar-refractivity contribution in [2.75, 3.05) is 6.61 Å². The monoisotopic (exact) mass is 906 g/mol. The van der Waals surface area contributed by atoms with Gasteiger partial charge in [-0.15, -0.1) is 0 Å². The summed E-state index contributed by atoms with van der Waals surface area (Å²) in [7, 11) is 0. The summed E-state index contributed by atoms with van der Waals surface area (Å²) in [6.07, 6.45) is 58.8. The van der Waals surface area contributed by atoms with Gasteiger partial charge < -0.3 is 20.3 Å². The first-order chi connectivity index (χ1) is 31.5. The van der Waals surface area contributed by atoms with Crippen LogP contribution in [0.25, 0.3) is 0 Å². The SMILES string of the molecule is CCCCCCCCCCCCCCCCCCC(=O)OC(CCCCCCCCCCCCCCC)CC(=O)NC(CO)C(O)CCCCCCCCCCCCCCCCCC. The van der Waals surface area contributed by atoms with Crippen LogP contribution in [-0.2, 0) is 14.3 Å². The molecule has 0 aliphatic carbocycles. The minimum atomic E-state index is -0.780. The number of unbranched alkanes of at least 4 members (excludes halogenated alkanes) is 42. The van der Waals surface area contributed by atoms with E-state index in [4.69, 9.17) is 4.74 Å². The number of aliphatic hydroxyl groups excluding tert-OH is 2. The van der Waals surface area contributed by atoms with Crippen LogP contribution in [0.5, 0.6) is 0 Å². The molecule has 3 atom stereocenters. The Morgan fingerprint density at radius 1 is 0.391 bits per heavy atom. The van der Waals surface area contributed by atoms with Crippen LogP contribution < -0.4 is 5.32 Å². The van der Waals surface area contributed by atoms with E-state index in [-0.39, 0.29) is 24.9 Å². The van der Waals surface area contributed by atoms with Crippen LogP contribution in [0.4, 0.5) is 0 Å².